The second kappa shape index (κ2) is 7.47. The fourth-order valence-electron chi connectivity index (χ4n) is 2.03. The standard InChI is InChI=1S/C15H8N4O6S2/c20-14-12(7-9-1-3-10(4-2-9)18(21)22)27-15(26)17(14)16-8-11-5-6-13(25-11)19(23)24/h1-8H/b12-7+,16-8+. The molecule has 1 aliphatic rings. The van der Waals surface area contributed by atoms with E-state index in [1.165, 1.54) is 42.5 Å². The van der Waals surface area contributed by atoms with Gasteiger partial charge >= 0.3 is 5.88 Å². The van der Waals surface area contributed by atoms with Crippen LogP contribution in [0.1, 0.15) is 11.3 Å². The van der Waals surface area contributed by atoms with Crippen molar-refractivity contribution >= 4 is 58.1 Å². The van der Waals surface area contributed by atoms with E-state index in [0.29, 0.717) is 5.56 Å². The van der Waals surface area contributed by atoms with Crippen LogP contribution in [0.15, 0.2) is 50.8 Å². The van der Waals surface area contributed by atoms with Gasteiger partial charge in [-0.3, -0.25) is 25.0 Å². The molecule has 10 nitrogen and oxygen atoms in total. The number of hydrazone groups is 1. The van der Waals surface area contributed by atoms with Crippen molar-refractivity contribution in [2.75, 3.05) is 0 Å². The lowest BCUT2D eigenvalue weighted by Crippen LogP contribution is -2.22. The Morgan fingerprint density at radius 3 is 2.41 bits per heavy atom. The summed E-state index contributed by atoms with van der Waals surface area (Å²) < 4.78 is 5.09. The second-order valence-corrected chi connectivity index (χ2v) is 6.70. The molecule has 1 amide bonds. The molecule has 1 aromatic carbocycles. The molecule has 3 rings (SSSR count). The molecule has 0 N–H and O–H groups in total. The van der Waals surface area contributed by atoms with Crippen LogP contribution in [0.25, 0.3) is 6.08 Å². The molecule has 1 fully saturated rings. The molecule has 0 aliphatic carbocycles. The van der Waals surface area contributed by atoms with Crippen molar-refractivity contribution in [1.29, 1.82) is 0 Å². The number of carbonyl (C=O) groups excluding carboxylic acids is 1. The SMILES string of the molecule is O=C1/C(=C\c2ccc([N+](=O)[O-])cc2)SC(=S)N1/N=C/c1ccc([N+](=O)[O-])o1. The van der Waals surface area contributed by atoms with Gasteiger partial charge in [0, 0.05) is 12.1 Å². The zero-order chi connectivity index (χ0) is 19.6. The number of nitro benzene ring substituents is 1. The molecular weight excluding hydrogens is 396 g/mol. The number of nitro groups is 2. The zero-order valence-corrected chi connectivity index (χ0v) is 14.8. The maximum absolute atomic E-state index is 12.4. The van der Waals surface area contributed by atoms with Crippen LogP contribution in [0.4, 0.5) is 11.6 Å². The summed E-state index contributed by atoms with van der Waals surface area (Å²) in [7, 11) is 0. The first kappa shape index (κ1) is 18.4. The Hall–Kier alpha value is -3.38. The molecule has 1 aromatic heterocycles. The van der Waals surface area contributed by atoms with Crippen molar-refractivity contribution in [2.45, 2.75) is 0 Å². The summed E-state index contributed by atoms with van der Waals surface area (Å²) in [6.45, 7) is 0. The lowest BCUT2D eigenvalue weighted by molar-refractivity contribution is -0.402. The zero-order valence-electron chi connectivity index (χ0n) is 13.2. The van der Waals surface area contributed by atoms with Crippen LogP contribution in [-0.2, 0) is 4.79 Å². The van der Waals surface area contributed by atoms with E-state index in [9.17, 15) is 25.0 Å². The number of thiocarbonyl (C=S) groups is 1. The smallest absolute Gasteiger partial charge is 0.400 e. The minimum absolute atomic E-state index is 0.0585. The number of benzene rings is 1. The van der Waals surface area contributed by atoms with E-state index < -0.39 is 21.6 Å². The van der Waals surface area contributed by atoms with Crippen LogP contribution in [0.2, 0.25) is 0 Å². The number of furan rings is 1. The highest BCUT2D eigenvalue weighted by Gasteiger charge is 2.32. The molecule has 0 spiro atoms. The highest BCUT2D eigenvalue weighted by atomic mass is 32.2. The lowest BCUT2D eigenvalue weighted by atomic mass is 10.2. The first-order valence-corrected chi connectivity index (χ1v) is 8.38. The fourth-order valence-corrected chi connectivity index (χ4v) is 3.20. The van der Waals surface area contributed by atoms with E-state index in [4.69, 9.17) is 16.6 Å². The van der Waals surface area contributed by atoms with Gasteiger partial charge in [0.2, 0.25) is 0 Å². The molecular formula is C15H8N4O6S2. The number of hydrogen-bond donors (Lipinski definition) is 0. The van der Waals surface area contributed by atoms with E-state index >= 15 is 0 Å². The van der Waals surface area contributed by atoms with Crippen molar-refractivity contribution < 1.29 is 19.1 Å². The molecule has 27 heavy (non-hydrogen) atoms. The van der Waals surface area contributed by atoms with E-state index in [0.717, 1.165) is 23.0 Å². The van der Waals surface area contributed by atoms with Gasteiger partial charge in [-0.25, -0.2) is 0 Å². The van der Waals surface area contributed by atoms with Crippen LogP contribution >= 0.6 is 24.0 Å². The molecule has 0 bridgehead atoms. The molecule has 12 heteroatoms. The summed E-state index contributed by atoms with van der Waals surface area (Å²) in [6.07, 6.45) is 2.68. The van der Waals surface area contributed by atoms with Crippen LogP contribution in [0.3, 0.4) is 0 Å². The van der Waals surface area contributed by atoms with E-state index in [1.807, 2.05) is 0 Å². The van der Waals surface area contributed by atoms with Gasteiger partial charge in [-0.2, -0.15) is 10.1 Å². The molecule has 2 aromatic rings. The molecule has 0 unspecified atom stereocenters. The van der Waals surface area contributed by atoms with Crippen molar-refractivity contribution in [1.82, 2.24) is 5.01 Å². The van der Waals surface area contributed by atoms with Crippen molar-refractivity contribution in [3.8, 4) is 0 Å². The van der Waals surface area contributed by atoms with Crippen LogP contribution in [0.5, 0.6) is 0 Å². The number of thioether (sulfide) groups is 1. The Morgan fingerprint density at radius 1 is 1.11 bits per heavy atom. The lowest BCUT2D eigenvalue weighted by Gasteiger charge is -2.05. The van der Waals surface area contributed by atoms with Crippen molar-refractivity contribution in [3.63, 3.8) is 0 Å². The quantitative estimate of drug-likeness (QED) is 0.244. The van der Waals surface area contributed by atoms with Crippen LogP contribution in [0, 0.1) is 20.2 Å². The first-order chi connectivity index (χ1) is 12.8. The number of non-ortho nitro benzene ring substituents is 1. The number of nitrogens with zero attached hydrogens (tertiary/aromatic N) is 4. The average Bonchev–Trinajstić information content (AvgIpc) is 3.20. The number of hydrogen-bond acceptors (Lipinski definition) is 9. The Bertz CT molecular complexity index is 1010. The van der Waals surface area contributed by atoms with Gasteiger partial charge in [0.1, 0.15) is 4.92 Å². The number of amides is 1. The van der Waals surface area contributed by atoms with E-state index in [1.54, 1.807) is 0 Å². The molecule has 0 saturated carbocycles. The normalized spacial score (nSPS) is 15.9. The molecule has 0 atom stereocenters. The van der Waals surface area contributed by atoms with Gasteiger partial charge in [0.15, 0.2) is 10.1 Å². The predicted octanol–water partition coefficient (Wildman–Crippen LogP) is 3.33. The third kappa shape index (κ3) is 4.07. The Labute approximate surface area is 160 Å². The van der Waals surface area contributed by atoms with Gasteiger partial charge in [-0.15, -0.1) is 0 Å². The predicted molar refractivity (Wildman–Crippen MR) is 101 cm³/mol. The maximum Gasteiger partial charge on any atom is 0.433 e. The van der Waals surface area contributed by atoms with E-state index in [-0.39, 0.29) is 20.7 Å². The Balaban J connectivity index is 1.76. The first-order valence-electron chi connectivity index (χ1n) is 7.16. The van der Waals surface area contributed by atoms with Gasteiger partial charge in [-0.05, 0) is 42.1 Å². The monoisotopic (exact) mass is 404 g/mol. The van der Waals surface area contributed by atoms with Gasteiger partial charge in [0.05, 0.1) is 22.1 Å². The molecule has 136 valence electrons. The average molecular weight is 404 g/mol. The Kier molecular flexibility index (Phi) is 5.09. The van der Waals surface area contributed by atoms with Crippen molar-refractivity contribution in [3.05, 3.63) is 72.9 Å². The summed E-state index contributed by atoms with van der Waals surface area (Å²) in [5, 5.41) is 26.1. The highest BCUT2D eigenvalue weighted by Crippen LogP contribution is 2.33. The largest absolute Gasteiger partial charge is 0.433 e. The maximum atomic E-state index is 12.4. The summed E-state index contributed by atoms with van der Waals surface area (Å²) >= 11 is 6.13. The fraction of sp³-hybridized carbons (Fsp3) is 0. The van der Waals surface area contributed by atoms with Gasteiger partial charge < -0.3 is 4.42 Å². The van der Waals surface area contributed by atoms with Crippen LogP contribution in [-0.4, -0.2) is 31.3 Å². The van der Waals surface area contributed by atoms with Gasteiger partial charge in [0.25, 0.3) is 11.6 Å². The molecule has 1 aliphatic heterocycles. The van der Waals surface area contributed by atoms with Crippen molar-refractivity contribution in [2.24, 2.45) is 5.10 Å². The third-order valence-corrected chi connectivity index (χ3v) is 4.55. The minimum Gasteiger partial charge on any atom is -0.400 e. The van der Waals surface area contributed by atoms with Gasteiger partial charge in [-0.1, -0.05) is 11.8 Å². The number of carbonyl (C=O) groups is 1. The minimum atomic E-state index is -0.691. The molecule has 0 radical (unpaired) electrons. The summed E-state index contributed by atoms with van der Waals surface area (Å²) in [6, 6.07) is 8.18. The summed E-state index contributed by atoms with van der Waals surface area (Å²) in [4.78, 5) is 32.8. The third-order valence-electron chi connectivity index (χ3n) is 3.27. The topological polar surface area (TPSA) is 132 Å². The number of rotatable bonds is 5. The summed E-state index contributed by atoms with van der Waals surface area (Å²) in [5.41, 5.74) is 0.531. The summed E-state index contributed by atoms with van der Waals surface area (Å²) in [5.74, 6) is -0.837. The van der Waals surface area contributed by atoms with E-state index in [2.05, 4.69) is 5.10 Å². The highest BCUT2D eigenvalue weighted by molar-refractivity contribution is 8.26. The Morgan fingerprint density at radius 2 is 1.81 bits per heavy atom. The molecule has 2 heterocycles. The second-order valence-electron chi connectivity index (χ2n) is 5.02. The van der Waals surface area contributed by atoms with Crippen LogP contribution < -0.4 is 0 Å². The molecule has 1 saturated heterocycles.